The molecule has 0 radical (unpaired) electrons. The van der Waals surface area contributed by atoms with Gasteiger partial charge in [0.15, 0.2) is 0 Å². The lowest BCUT2D eigenvalue weighted by Crippen LogP contribution is -2.37. The molecular formula is C10H24N2. The Morgan fingerprint density at radius 1 is 1.17 bits per heavy atom. The van der Waals surface area contributed by atoms with E-state index < -0.39 is 0 Å². The van der Waals surface area contributed by atoms with Gasteiger partial charge in [-0.15, -0.1) is 0 Å². The van der Waals surface area contributed by atoms with Crippen molar-refractivity contribution in [2.24, 2.45) is 11.7 Å². The molecule has 0 heterocycles. The highest BCUT2D eigenvalue weighted by molar-refractivity contribution is 4.70. The molecular weight excluding hydrogens is 148 g/mol. The van der Waals surface area contributed by atoms with Crippen molar-refractivity contribution in [2.45, 2.75) is 46.1 Å². The van der Waals surface area contributed by atoms with Crippen molar-refractivity contribution in [1.82, 2.24) is 5.32 Å². The first-order valence-corrected chi connectivity index (χ1v) is 5.21. The Labute approximate surface area is 76.9 Å². The van der Waals surface area contributed by atoms with Gasteiger partial charge < -0.3 is 11.1 Å². The highest BCUT2D eigenvalue weighted by Crippen LogP contribution is 2.14. The lowest BCUT2D eigenvalue weighted by molar-refractivity contribution is 0.373. The Morgan fingerprint density at radius 3 is 2.08 bits per heavy atom. The minimum absolute atomic E-state index is 0.528. The van der Waals surface area contributed by atoms with Gasteiger partial charge in [-0.3, -0.25) is 0 Å². The minimum Gasteiger partial charge on any atom is -0.329 e. The summed E-state index contributed by atoms with van der Waals surface area (Å²) in [6, 6.07) is 0.528. The fourth-order valence-corrected chi connectivity index (χ4v) is 1.58. The van der Waals surface area contributed by atoms with Crippen LogP contribution < -0.4 is 11.1 Å². The Balaban J connectivity index is 3.65. The highest BCUT2D eigenvalue weighted by Gasteiger charge is 2.10. The van der Waals surface area contributed by atoms with Crippen molar-refractivity contribution in [1.29, 1.82) is 0 Å². The molecule has 12 heavy (non-hydrogen) atoms. The van der Waals surface area contributed by atoms with Crippen LogP contribution in [0, 0.1) is 5.92 Å². The molecule has 0 rings (SSSR count). The fourth-order valence-electron chi connectivity index (χ4n) is 1.58. The van der Waals surface area contributed by atoms with Gasteiger partial charge in [-0.2, -0.15) is 0 Å². The zero-order valence-electron chi connectivity index (χ0n) is 8.77. The van der Waals surface area contributed by atoms with E-state index in [9.17, 15) is 0 Å². The van der Waals surface area contributed by atoms with Crippen LogP contribution in [0.15, 0.2) is 0 Å². The van der Waals surface area contributed by atoms with E-state index in [1.165, 1.54) is 19.3 Å². The van der Waals surface area contributed by atoms with Crippen LogP contribution in [0.3, 0.4) is 0 Å². The van der Waals surface area contributed by atoms with Crippen molar-refractivity contribution in [3.05, 3.63) is 0 Å². The molecule has 0 aromatic carbocycles. The molecule has 2 heteroatoms. The molecule has 0 spiro atoms. The van der Waals surface area contributed by atoms with Crippen molar-refractivity contribution >= 4 is 0 Å². The van der Waals surface area contributed by atoms with Gasteiger partial charge in [-0.25, -0.2) is 0 Å². The van der Waals surface area contributed by atoms with Crippen molar-refractivity contribution in [3.63, 3.8) is 0 Å². The van der Waals surface area contributed by atoms with Gasteiger partial charge in [-0.1, -0.05) is 33.6 Å². The predicted octanol–water partition coefficient (Wildman–Crippen LogP) is 1.75. The van der Waals surface area contributed by atoms with Gasteiger partial charge in [0.2, 0.25) is 0 Å². The van der Waals surface area contributed by atoms with Crippen LogP contribution in [0.2, 0.25) is 0 Å². The number of hydrogen-bond acceptors (Lipinski definition) is 2. The summed E-state index contributed by atoms with van der Waals surface area (Å²) >= 11 is 0. The molecule has 1 unspecified atom stereocenters. The van der Waals surface area contributed by atoms with Crippen LogP contribution in [-0.4, -0.2) is 19.1 Å². The van der Waals surface area contributed by atoms with E-state index in [4.69, 9.17) is 5.73 Å². The molecule has 0 saturated heterocycles. The average molecular weight is 172 g/mol. The van der Waals surface area contributed by atoms with Crippen LogP contribution in [0.25, 0.3) is 0 Å². The smallest absolute Gasteiger partial charge is 0.0192 e. The van der Waals surface area contributed by atoms with Crippen LogP contribution in [0.4, 0.5) is 0 Å². The number of nitrogens with two attached hydrogens (primary N) is 1. The van der Waals surface area contributed by atoms with Crippen molar-refractivity contribution in [2.75, 3.05) is 13.1 Å². The molecule has 0 aromatic rings. The van der Waals surface area contributed by atoms with Gasteiger partial charge in [0.1, 0.15) is 0 Å². The molecule has 0 bridgehead atoms. The second kappa shape index (κ2) is 7.56. The third-order valence-electron chi connectivity index (χ3n) is 2.55. The zero-order valence-corrected chi connectivity index (χ0v) is 8.77. The Morgan fingerprint density at radius 2 is 1.75 bits per heavy atom. The standard InChI is InChI=1S/C10H24N2/c1-4-9(5-2)7-10(8-11)12-6-3/h9-10,12H,4-8,11H2,1-3H3. The maximum Gasteiger partial charge on any atom is 0.0192 e. The molecule has 0 fully saturated rings. The topological polar surface area (TPSA) is 38.0 Å². The third-order valence-corrected chi connectivity index (χ3v) is 2.55. The molecule has 0 aliphatic heterocycles. The van der Waals surface area contributed by atoms with E-state index in [-0.39, 0.29) is 0 Å². The van der Waals surface area contributed by atoms with E-state index in [0.717, 1.165) is 19.0 Å². The highest BCUT2D eigenvalue weighted by atomic mass is 14.9. The second-order valence-electron chi connectivity index (χ2n) is 3.41. The maximum atomic E-state index is 5.65. The average Bonchev–Trinajstić information content (AvgIpc) is 2.12. The van der Waals surface area contributed by atoms with Crippen LogP contribution in [0.5, 0.6) is 0 Å². The first kappa shape index (κ1) is 11.9. The monoisotopic (exact) mass is 172 g/mol. The largest absolute Gasteiger partial charge is 0.329 e. The summed E-state index contributed by atoms with van der Waals surface area (Å²) in [5, 5.41) is 3.41. The summed E-state index contributed by atoms with van der Waals surface area (Å²) in [4.78, 5) is 0. The summed E-state index contributed by atoms with van der Waals surface area (Å²) in [5.74, 6) is 0.845. The number of likely N-dealkylation sites (N-methyl/N-ethyl adjacent to an activating group) is 1. The van der Waals surface area contributed by atoms with E-state index in [0.29, 0.717) is 6.04 Å². The maximum absolute atomic E-state index is 5.65. The van der Waals surface area contributed by atoms with Gasteiger partial charge in [-0.05, 0) is 18.9 Å². The lowest BCUT2D eigenvalue weighted by Gasteiger charge is -2.20. The SMILES string of the molecule is CCNC(CN)CC(CC)CC. The summed E-state index contributed by atoms with van der Waals surface area (Å²) < 4.78 is 0. The van der Waals surface area contributed by atoms with E-state index >= 15 is 0 Å². The fraction of sp³-hybridized carbons (Fsp3) is 1.00. The predicted molar refractivity (Wildman–Crippen MR) is 55.2 cm³/mol. The summed E-state index contributed by atoms with van der Waals surface area (Å²) in [7, 11) is 0. The minimum atomic E-state index is 0.528. The Hall–Kier alpha value is -0.0800. The van der Waals surface area contributed by atoms with Gasteiger partial charge >= 0.3 is 0 Å². The van der Waals surface area contributed by atoms with Gasteiger partial charge in [0, 0.05) is 12.6 Å². The van der Waals surface area contributed by atoms with Crippen molar-refractivity contribution < 1.29 is 0 Å². The number of nitrogens with one attached hydrogen (secondary N) is 1. The molecule has 1 atom stereocenters. The van der Waals surface area contributed by atoms with Gasteiger partial charge in [0.05, 0.1) is 0 Å². The molecule has 0 aliphatic carbocycles. The molecule has 0 aliphatic rings. The molecule has 0 saturated carbocycles. The first-order chi connectivity index (χ1) is 5.78. The van der Waals surface area contributed by atoms with E-state index in [2.05, 4.69) is 26.1 Å². The van der Waals surface area contributed by atoms with Gasteiger partial charge in [0.25, 0.3) is 0 Å². The number of rotatable bonds is 7. The second-order valence-corrected chi connectivity index (χ2v) is 3.41. The molecule has 0 aromatic heterocycles. The van der Waals surface area contributed by atoms with Crippen LogP contribution in [0.1, 0.15) is 40.0 Å². The van der Waals surface area contributed by atoms with E-state index in [1.54, 1.807) is 0 Å². The normalized spacial score (nSPS) is 13.8. The molecule has 0 amide bonds. The Kier molecular flexibility index (Phi) is 7.51. The third kappa shape index (κ3) is 4.73. The van der Waals surface area contributed by atoms with Crippen molar-refractivity contribution in [3.8, 4) is 0 Å². The zero-order chi connectivity index (χ0) is 9.40. The summed E-state index contributed by atoms with van der Waals surface area (Å²) in [6.07, 6.45) is 3.79. The summed E-state index contributed by atoms with van der Waals surface area (Å²) in [5.41, 5.74) is 5.65. The molecule has 2 nitrogen and oxygen atoms in total. The molecule has 74 valence electrons. The number of hydrogen-bond donors (Lipinski definition) is 2. The van der Waals surface area contributed by atoms with Crippen LogP contribution >= 0.6 is 0 Å². The lowest BCUT2D eigenvalue weighted by atomic mass is 9.95. The Bertz CT molecular complexity index is 89.8. The van der Waals surface area contributed by atoms with E-state index in [1.807, 2.05) is 0 Å². The quantitative estimate of drug-likeness (QED) is 0.614. The first-order valence-electron chi connectivity index (χ1n) is 5.21. The summed E-state index contributed by atoms with van der Waals surface area (Å²) in [6.45, 7) is 8.45. The molecule has 3 N–H and O–H groups in total. The van der Waals surface area contributed by atoms with Crippen LogP contribution in [-0.2, 0) is 0 Å².